The van der Waals surface area contributed by atoms with Gasteiger partial charge in [0.05, 0.1) is 12.8 Å². The van der Waals surface area contributed by atoms with Gasteiger partial charge in [0.1, 0.15) is 5.75 Å². The highest BCUT2D eigenvalue weighted by molar-refractivity contribution is 6.31. The van der Waals surface area contributed by atoms with Gasteiger partial charge in [-0.2, -0.15) is 0 Å². The summed E-state index contributed by atoms with van der Waals surface area (Å²) in [6, 6.07) is 3.94. The molecule has 3 nitrogen and oxygen atoms in total. The van der Waals surface area contributed by atoms with Gasteiger partial charge in [0.15, 0.2) is 0 Å². The van der Waals surface area contributed by atoms with Crippen molar-refractivity contribution in [3.05, 3.63) is 22.7 Å². The lowest BCUT2D eigenvalue weighted by Crippen LogP contribution is -2.33. The second kappa shape index (κ2) is 6.86. The zero-order valence-electron chi connectivity index (χ0n) is 11.7. The summed E-state index contributed by atoms with van der Waals surface area (Å²) < 4.78 is 5.42. The summed E-state index contributed by atoms with van der Waals surface area (Å²) in [6.45, 7) is 8.78. The number of anilines is 1. The van der Waals surface area contributed by atoms with Gasteiger partial charge in [-0.15, -0.1) is 0 Å². The molecular weight excluding hydrogens is 248 g/mol. The Bertz CT molecular complexity index is 394. The van der Waals surface area contributed by atoms with Crippen LogP contribution in [0, 0.1) is 12.8 Å². The molecule has 0 aromatic heterocycles. The number of ether oxygens (including phenoxy) is 1. The summed E-state index contributed by atoms with van der Waals surface area (Å²) in [7, 11) is 1.67. The van der Waals surface area contributed by atoms with Gasteiger partial charge in [0, 0.05) is 30.7 Å². The van der Waals surface area contributed by atoms with Crippen LogP contribution in [0.4, 0.5) is 5.69 Å². The molecule has 0 saturated heterocycles. The lowest BCUT2D eigenvalue weighted by Gasteiger charge is -2.28. The Labute approximate surface area is 115 Å². The van der Waals surface area contributed by atoms with E-state index in [-0.39, 0.29) is 0 Å². The predicted molar refractivity (Wildman–Crippen MR) is 78.8 cm³/mol. The van der Waals surface area contributed by atoms with Crippen molar-refractivity contribution in [3.8, 4) is 5.75 Å². The summed E-state index contributed by atoms with van der Waals surface area (Å²) in [5.74, 6) is 1.37. The van der Waals surface area contributed by atoms with E-state index in [1.165, 1.54) is 0 Å². The normalized spacial score (nSPS) is 10.8. The van der Waals surface area contributed by atoms with Crippen LogP contribution in [0.5, 0.6) is 5.75 Å². The Morgan fingerprint density at radius 1 is 1.39 bits per heavy atom. The van der Waals surface area contributed by atoms with Gasteiger partial charge in [-0.3, -0.25) is 0 Å². The van der Waals surface area contributed by atoms with Crippen molar-refractivity contribution < 1.29 is 4.74 Å². The van der Waals surface area contributed by atoms with E-state index in [1.807, 2.05) is 13.0 Å². The van der Waals surface area contributed by atoms with E-state index in [2.05, 4.69) is 24.8 Å². The molecule has 102 valence electrons. The minimum Gasteiger partial charge on any atom is -0.495 e. The molecule has 0 aliphatic rings. The highest BCUT2D eigenvalue weighted by Crippen LogP contribution is 2.34. The molecule has 0 saturated carbocycles. The topological polar surface area (TPSA) is 38.5 Å². The Morgan fingerprint density at radius 3 is 2.56 bits per heavy atom. The Balaban J connectivity index is 3.12. The second-order valence-electron chi connectivity index (χ2n) is 4.90. The van der Waals surface area contributed by atoms with Crippen molar-refractivity contribution in [1.29, 1.82) is 0 Å². The van der Waals surface area contributed by atoms with Crippen molar-refractivity contribution in [2.45, 2.75) is 20.8 Å². The third-order valence-corrected chi connectivity index (χ3v) is 3.19. The third-order valence-electron chi connectivity index (χ3n) is 2.79. The van der Waals surface area contributed by atoms with E-state index in [0.29, 0.717) is 12.5 Å². The van der Waals surface area contributed by atoms with Crippen molar-refractivity contribution >= 4 is 17.3 Å². The number of hydrogen-bond donors (Lipinski definition) is 1. The molecule has 0 bridgehead atoms. The summed E-state index contributed by atoms with van der Waals surface area (Å²) in [5, 5.41) is 0.729. The van der Waals surface area contributed by atoms with Crippen LogP contribution in [0.2, 0.25) is 5.02 Å². The smallest absolute Gasteiger partial charge is 0.143 e. The zero-order chi connectivity index (χ0) is 13.7. The van der Waals surface area contributed by atoms with Crippen LogP contribution in [0.15, 0.2) is 12.1 Å². The Hall–Kier alpha value is -0.930. The van der Waals surface area contributed by atoms with Crippen molar-refractivity contribution in [2.24, 2.45) is 11.7 Å². The molecule has 1 aromatic rings. The molecule has 0 radical (unpaired) electrons. The van der Waals surface area contributed by atoms with Crippen LogP contribution in [0.25, 0.3) is 0 Å². The highest BCUT2D eigenvalue weighted by Gasteiger charge is 2.14. The molecule has 0 unspecified atom stereocenters. The van der Waals surface area contributed by atoms with E-state index in [0.717, 1.165) is 35.1 Å². The molecule has 2 N–H and O–H groups in total. The van der Waals surface area contributed by atoms with Crippen molar-refractivity contribution in [3.63, 3.8) is 0 Å². The fourth-order valence-electron chi connectivity index (χ4n) is 1.97. The first kappa shape index (κ1) is 15.1. The molecule has 1 aromatic carbocycles. The quantitative estimate of drug-likeness (QED) is 0.863. The zero-order valence-corrected chi connectivity index (χ0v) is 12.4. The molecular formula is C14H23ClN2O. The van der Waals surface area contributed by atoms with Gasteiger partial charge >= 0.3 is 0 Å². The lowest BCUT2D eigenvalue weighted by molar-refractivity contribution is 0.413. The average Bonchev–Trinajstić information content (AvgIpc) is 2.31. The van der Waals surface area contributed by atoms with Crippen LogP contribution in [0.1, 0.15) is 19.4 Å². The molecule has 0 aliphatic heterocycles. The fourth-order valence-corrected chi connectivity index (χ4v) is 2.12. The monoisotopic (exact) mass is 270 g/mol. The Morgan fingerprint density at radius 2 is 2.06 bits per heavy atom. The molecule has 0 heterocycles. The maximum atomic E-state index is 6.13. The Kier molecular flexibility index (Phi) is 5.76. The average molecular weight is 271 g/mol. The van der Waals surface area contributed by atoms with E-state index >= 15 is 0 Å². The van der Waals surface area contributed by atoms with Crippen LogP contribution >= 0.6 is 11.6 Å². The third kappa shape index (κ3) is 3.79. The van der Waals surface area contributed by atoms with Gasteiger partial charge in [-0.05, 0) is 24.5 Å². The number of halogens is 1. The van der Waals surface area contributed by atoms with E-state index < -0.39 is 0 Å². The number of rotatable bonds is 6. The number of nitrogens with zero attached hydrogens (tertiary/aromatic N) is 1. The lowest BCUT2D eigenvalue weighted by atomic mass is 10.1. The van der Waals surface area contributed by atoms with Crippen molar-refractivity contribution in [1.82, 2.24) is 0 Å². The van der Waals surface area contributed by atoms with E-state index in [9.17, 15) is 0 Å². The summed E-state index contributed by atoms with van der Waals surface area (Å²) in [6.07, 6.45) is 0. The largest absolute Gasteiger partial charge is 0.495 e. The highest BCUT2D eigenvalue weighted by atomic mass is 35.5. The summed E-state index contributed by atoms with van der Waals surface area (Å²) in [5.41, 5.74) is 7.82. The fraction of sp³-hybridized carbons (Fsp3) is 0.571. The number of aryl methyl sites for hydroxylation is 1. The standard InChI is InChI=1S/C14H23ClN2O/c1-10(2)9-17(6-5-16)13-7-11(3)12(15)8-14(13)18-4/h7-8,10H,5-6,9,16H2,1-4H3. The summed E-state index contributed by atoms with van der Waals surface area (Å²) >= 11 is 6.13. The first-order valence-electron chi connectivity index (χ1n) is 6.28. The van der Waals surface area contributed by atoms with Crippen LogP contribution in [-0.4, -0.2) is 26.7 Å². The van der Waals surface area contributed by atoms with Gasteiger partial charge in [0.2, 0.25) is 0 Å². The summed E-state index contributed by atoms with van der Waals surface area (Å²) in [4.78, 5) is 2.26. The first-order chi connectivity index (χ1) is 8.49. The molecule has 0 spiro atoms. The number of methoxy groups -OCH3 is 1. The van der Waals surface area contributed by atoms with E-state index in [1.54, 1.807) is 7.11 Å². The molecule has 1 rings (SSSR count). The van der Waals surface area contributed by atoms with Crippen molar-refractivity contribution in [2.75, 3.05) is 31.6 Å². The van der Waals surface area contributed by atoms with Gasteiger partial charge in [-0.25, -0.2) is 0 Å². The van der Waals surface area contributed by atoms with Crippen LogP contribution in [-0.2, 0) is 0 Å². The number of nitrogens with two attached hydrogens (primary N) is 1. The molecule has 0 atom stereocenters. The maximum Gasteiger partial charge on any atom is 0.143 e. The van der Waals surface area contributed by atoms with Gasteiger partial charge < -0.3 is 15.4 Å². The number of benzene rings is 1. The first-order valence-corrected chi connectivity index (χ1v) is 6.66. The minimum atomic E-state index is 0.567. The predicted octanol–water partition coefficient (Wildman–Crippen LogP) is 3.08. The molecule has 18 heavy (non-hydrogen) atoms. The second-order valence-corrected chi connectivity index (χ2v) is 5.31. The molecule has 0 aliphatic carbocycles. The van der Waals surface area contributed by atoms with Crippen LogP contribution in [0.3, 0.4) is 0 Å². The number of hydrogen-bond acceptors (Lipinski definition) is 3. The van der Waals surface area contributed by atoms with E-state index in [4.69, 9.17) is 22.1 Å². The SMILES string of the molecule is COc1cc(Cl)c(C)cc1N(CCN)CC(C)C. The minimum absolute atomic E-state index is 0.567. The molecule has 0 amide bonds. The molecule has 4 heteroatoms. The van der Waals surface area contributed by atoms with Gasteiger partial charge in [-0.1, -0.05) is 25.4 Å². The molecule has 0 fully saturated rings. The maximum absolute atomic E-state index is 6.13. The van der Waals surface area contributed by atoms with Gasteiger partial charge in [0.25, 0.3) is 0 Å². The van der Waals surface area contributed by atoms with Crippen LogP contribution < -0.4 is 15.4 Å².